The summed E-state index contributed by atoms with van der Waals surface area (Å²) in [6.07, 6.45) is 0. The van der Waals surface area contributed by atoms with Gasteiger partial charge in [-0.3, -0.25) is 0 Å². The fraction of sp³-hybridized carbons (Fsp3) is 0.0476. The molecule has 0 unspecified atom stereocenters. The standard InChI is InChI=1S/C63H46N2/c1-63(2)58-41-49(36-38-54(58)55-39-37-50(42-59(55)63)65-61-30-15-12-27-56(61)57-28-13-16-31-62(57)65)64(48-34-32-45(33-35-48)52-25-10-9-24-51(52)44-20-7-4-8-21-44)60-29-14-11-26-53(60)47-23-17-22-46(40-47)43-18-5-3-6-19-43/h3-42H,1-2H3. The maximum absolute atomic E-state index is 2.46. The van der Waals surface area contributed by atoms with E-state index < -0.39 is 0 Å². The van der Waals surface area contributed by atoms with Crippen LogP contribution in [0.3, 0.4) is 0 Å². The third-order valence-electron chi connectivity index (χ3n) is 13.6. The minimum absolute atomic E-state index is 0.254. The molecule has 1 aliphatic carbocycles. The lowest BCUT2D eigenvalue weighted by molar-refractivity contribution is 0.660. The Labute approximate surface area is 381 Å². The van der Waals surface area contributed by atoms with Crippen LogP contribution in [0, 0.1) is 0 Å². The van der Waals surface area contributed by atoms with Gasteiger partial charge in [-0.1, -0.05) is 196 Å². The quantitative estimate of drug-likeness (QED) is 0.148. The van der Waals surface area contributed by atoms with Gasteiger partial charge in [0.15, 0.2) is 0 Å². The minimum Gasteiger partial charge on any atom is -0.310 e. The molecule has 1 aliphatic rings. The van der Waals surface area contributed by atoms with E-state index in [1.165, 1.54) is 94.3 Å². The molecule has 0 fully saturated rings. The van der Waals surface area contributed by atoms with E-state index in [0.29, 0.717) is 0 Å². The van der Waals surface area contributed by atoms with Gasteiger partial charge in [0.05, 0.1) is 16.7 Å². The molecular formula is C63H46N2. The van der Waals surface area contributed by atoms with Gasteiger partial charge in [-0.15, -0.1) is 0 Å². The Morgan fingerprint density at radius 3 is 1.49 bits per heavy atom. The molecule has 0 amide bonds. The van der Waals surface area contributed by atoms with Crippen molar-refractivity contribution in [2.75, 3.05) is 4.90 Å². The van der Waals surface area contributed by atoms with E-state index in [-0.39, 0.29) is 5.41 Å². The Kier molecular flexibility index (Phi) is 9.21. The molecule has 11 aromatic rings. The van der Waals surface area contributed by atoms with Gasteiger partial charge >= 0.3 is 0 Å². The highest BCUT2D eigenvalue weighted by molar-refractivity contribution is 6.09. The van der Waals surface area contributed by atoms with Gasteiger partial charge in [0.2, 0.25) is 0 Å². The van der Waals surface area contributed by atoms with Crippen LogP contribution in [0.1, 0.15) is 25.0 Å². The molecule has 0 saturated carbocycles. The number of benzene rings is 10. The molecule has 308 valence electrons. The van der Waals surface area contributed by atoms with Crippen molar-refractivity contribution in [3.8, 4) is 61.3 Å². The maximum Gasteiger partial charge on any atom is 0.0541 e. The summed E-state index contributed by atoms with van der Waals surface area (Å²) >= 11 is 0. The molecule has 0 aliphatic heterocycles. The number of rotatable bonds is 8. The average Bonchev–Trinajstić information content (AvgIpc) is 3.82. The molecule has 0 saturated heterocycles. The SMILES string of the molecule is CC1(C)c2cc(N(c3ccc(-c4ccccc4-c4ccccc4)cc3)c3ccccc3-c3cccc(-c4ccccc4)c3)ccc2-c2ccc(-n3c4ccccc4c4ccccc43)cc21. The summed E-state index contributed by atoms with van der Waals surface area (Å²) in [7, 11) is 0. The zero-order valence-electron chi connectivity index (χ0n) is 36.5. The molecule has 12 rings (SSSR count). The highest BCUT2D eigenvalue weighted by Gasteiger charge is 2.37. The first kappa shape index (κ1) is 38.5. The lowest BCUT2D eigenvalue weighted by atomic mass is 9.82. The summed E-state index contributed by atoms with van der Waals surface area (Å²) in [4.78, 5) is 2.46. The van der Waals surface area contributed by atoms with Crippen LogP contribution in [0.5, 0.6) is 0 Å². The van der Waals surface area contributed by atoms with E-state index >= 15 is 0 Å². The van der Waals surface area contributed by atoms with Crippen LogP contribution < -0.4 is 4.90 Å². The average molecular weight is 831 g/mol. The third kappa shape index (κ3) is 6.49. The number of nitrogens with zero attached hydrogens (tertiary/aromatic N) is 2. The minimum atomic E-state index is -0.254. The van der Waals surface area contributed by atoms with Crippen molar-refractivity contribution in [2.24, 2.45) is 0 Å². The summed E-state index contributed by atoms with van der Waals surface area (Å²) in [6, 6.07) is 88.8. The zero-order chi connectivity index (χ0) is 43.5. The molecule has 65 heavy (non-hydrogen) atoms. The van der Waals surface area contributed by atoms with Crippen LogP contribution in [-0.4, -0.2) is 4.57 Å². The summed E-state index contributed by atoms with van der Waals surface area (Å²) in [6.45, 7) is 4.78. The smallest absolute Gasteiger partial charge is 0.0541 e. The van der Waals surface area contributed by atoms with Gasteiger partial charge in [-0.25, -0.2) is 0 Å². The van der Waals surface area contributed by atoms with Crippen LogP contribution in [0.4, 0.5) is 17.1 Å². The summed E-state index contributed by atoms with van der Waals surface area (Å²) in [5, 5.41) is 2.55. The Balaban J connectivity index is 0.997. The zero-order valence-corrected chi connectivity index (χ0v) is 36.5. The number of hydrogen-bond donors (Lipinski definition) is 0. The maximum atomic E-state index is 2.46. The molecule has 0 N–H and O–H groups in total. The highest BCUT2D eigenvalue weighted by Crippen LogP contribution is 2.52. The number of hydrogen-bond acceptors (Lipinski definition) is 1. The molecule has 0 bridgehead atoms. The Hall–Kier alpha value is -8.20. The van der Waals surface area contributed by atoms with Crippen molar-refractivity contribution in [3.63, 3.8) is 0 Å². The van der Waals surface area contributed by atoms with Crippen molar-refractivity contribution in [1.29, 1.82) is 0 Å². The van der Waals surface area contributed by atoms with E-state index in [2.05, 4.69) is 266 Å². The van der Waals surface area contributed by atoms with Crippen molar-refractivity contribution in [1.82, 2.24) is 4.57 Å². The number of para-hydroxylation sites is 3. The Morgan fingerprint density at radius 2 is 0.815 bits per heavy atom. The number of aromatic nitrogens is 1. The fourth-order valence-electron chi connectivity index (χ4n) is 10.4. The van der Waals surface area contributed by atoms with E-state index in [1.807, 2.05) is 0 Å². The number of anilines is 3. The second kappa shape index (κ2) is 15.6. The first-order valence-electron chi connectivity index (χ1n) is 22.6. The summed E-state index contributed by atoms with van der Waals surface area (Å²) in [5.41, 5.74) is 21.6. The molecule has 1 aromatic heterocycles. The van der Waals surface area contributed by atoms with Crippen LogP contribution in [-0.2, 0) is 5.41 Å². The van der Waals surface area contributed by atoms with Gasteiger partial charge in [0.25, 0.3) is 0 Å². The lowest BCUT2D eigenvalue weighted by Crippen LogP contribution is -2.17. The molecule has 0 radical (unpaired) electrons. The normalized spacial score (nSPS) is 12.6. The first-order chi connectivity index (χ1) is 32.0. The van der Waals surface area contributed by atoms with Crippen molar-refractivity contribution in [3.05, 3.63) is 254 Å². The van der Waals surface area contributed by atoms with Gasteiger partial charge in [0.1, 0.15) is 0 Å². The molecule has 2 nitrogen and oxygen atoms in total. The van der Waals surface area contributed by atoms with Gasteiger partial charge < -0.3 is 9.47 Å². The molecule has 1 heterocycles. The fourth-order valence-corrected chi connectivity index (χ4v) is 10.4. The van der Waals surface area contributed by atoms with Crippen LogP contribution in [0.25, 0.3) is 83.1 Å². The molecular weight excluding hydrogens is 785 g/mol. The first-order valence-corrected chi connectivity index (χ1v) is 22.6. The van der Waals surface area contributed by atoms with Crippen molar-refractivity contribution < 1.29 is 0 Å². The van der Waals surface area contributed by atoms with Gasteiger partial charge in [-0.2, -0.15) is 0 Å². The molecule has 0 spiro atoms. The van der Waals surface area contributed by atoms with E-state index in [1.54, 1.807) is 0 Å². The lowest BCUT2D eigenvalue weighted by Gasteiger charge is -2.30. The monoisotopic (exact) mass is 830 g/mol. The highest BCUT2D eigenvalue weighted by atomic mass is 15.1. The van der Waals surface area contributed by atoms with Crippen molar-refractivity contribution in [2.45, 2.75) is 19.3 Å². The topological polar surface area (TPSA) is 8.17 Å². The van der Waals surface area contributed by atoms with Gasteiger partial charge in [-0.05, 0) is 122 Å². The second-order valence-corrected chi connectivity index (χ2v) is 17.7. The number of fused-ring (bicyclic) bond motifs is 6. The third-order valence-corrected chi connectivity index (χ3v) is 13.6. The van der Waals surface area contributed by atoms with E-state index in [4.69, 9.17) is 0 Å². The van der Waals surface area contributed by atoms with Crippen molar-refractivity contribution >= 4 is 38.9 Å². The summed E-state index contributed by atoms with van der Waals surface area (Å²) < 4.78 is 2.43. The Bertz CT molecular complexity index is 3510. The molecule has 2 heteroatoms. The second-order valence-electron chi connectivity index (χ2n) is 17.7. The summed E-state index contributed by atoms with van der Waals surface area (Å²) in [5.74, 6) is 0. The van der Waals surface area contributed by atoms with Crippen LogP contribution in [0.2, 0.25) is 0 Å². The predicted octanol–water partition coefficient (Wildman–Crippen LogP) is 17.2. The van der Waals surface area contributed by atoms with Crippen LogP contribution >= 0.6 is 0 Å². The molecule has 0 atom stereocenters. The Morgan fingerprint density at radius 1 is 0.323 bits per heavy atom. The van der Waals surface area contributed by atoms with E-state index in [0.717, 1.165) is 17.1 Å². The van der Waals surface area contributed by atoms with Crippen LogP contribution in [0.15, 0.2) is 243 Å². The largest absolute Gasteiger partial charge is 0.310 e. The molecule has 10 aromatic carbocycles. The predicted molar refractivity (Wildman–Crippen MR) is 275 cm³/mol. The van der Waals surface area contributed by atoms with Gasteiger partial charge in [0, 0.05) is 38.8 Å². The van der Waals surface area contributed by atoms with E-state index in [9.17, 15) is 0 Å².